The van der Waals surface area contributed by atoms with Crippen LogP contribution in [0, 0.1) is 5.92 Å². The first-order chi connectivity index (χ1) is 8.44. The SMILES string of the molecule is O=C(O)C1(NS(=O)(=O)CC2CC2)CCCCCC1. The van der Waals surface area contributed by atoms with Gasteiger partial charge in [0, 0.05) is 0 Å². The smallest absolute Gasteiger partial charge is 0.324 e. The molecule has 0 saturated heterocycles. The Morgan fingerprint density at radius 1 is 1.17 bits per heavy atom. The van der Waals surface area contributed by atoms with Crippen LogP contribution in [-0.2, 0) is 14.8 Å². The van der Waals surface area contributed by atoms with E-state index in [1.165, 1.54) is 0 Å². The van der Waals surface area contributed by atoms with Gasteiger partial charge in [0.05, 0.1) is 5.75 Å². The van der Waals surface area contributed by atoms with Crippen molar-refractivity contribution >= 4 is 16.0 Å². The van der Waals surface area contributed by atoms with E-state index in [1.807, 2.05) is 0 Å². The van der Waals surface area contributed by atoms with Crippen LogP contribution in [0.15, 0.2) is 0 Å². The monoisotopic (exact) mass is 275 g/mol. The topological polar surface area (TPSA) is 83.5 Å². The summed E-state index contributed by atoms with van der Waals surface area (Å²) in [5, 5.41) is 9.40. The second-order valence-electron chi connectivity index (χ2n) is 5.63. The van der Waals surface area contributed by atoms with Gasteiger partial charge in [-0.05, 0) is 31.6 Å². The van der Waals surface area contributed by atoms with Crippen LogP contribution in [0.25, 0.3) is 0 Å². The molecule has 18 heavy (non-hydrogen) atoms. The highest BCUT2D eigenvalue weighted by Gasteiger charge is 2.43. The molecule has 0 radical (unpaired) electrons. The third kappa shape index (κ3) is 3.45. The third-order valence-electron chi connectivity index (χ3n) is 3.87. The lowest BCUT2D eigenvalue weighted by Crippen LogP contribution is -2.54. The zero-order chi connectivity index (χ0) is 13.2. The second-order valence-corrected chi connectivity index (χ2v) is 7.40. The molecule has 0 amide bonds. The summed E-state index contributed by atoms with van der Waals surface area (Å²) in [6.07, 6.45) is 6.23. The first kappa shape index (κ1) is 13.8. The second kappa shape index (κ2) is 5.17. The normalized spacial score (nSPS) is 24.4. The summed E-state index contributed by atoms with van der Waals surface area (Å²) < 4.78 is 26.5. The number of carbonyl (C=O) groups is 1. The number of hydrogen-bond donors (Lipinski definition) is 2. The lowest BCUT2D eigenvalue weighted by molar-refractivity contribution is -0.144. The third-order valence-corrected chi connectivity index (χ3v) is 5.48. The van der Waals surface area contributed by atoms with Crippen LogP contribution in [0.4, 0.5) is 0 Å². The molecule has 0 aromatic carbocycles. The maximum absolute atomic E-state index is 12.0. The van der Waals surface area contributed by atoms with Crippen LogP contribution in [0.2, 0.25) is 0 Å². The Labute approximate surface area is 108 Å². The van der Waals surface area contributed by atoms with Gasteiger partial charge in [0.15, 0.2) is 0 Å². The Kier molecular flexibility index (Phi) is 3.96. The highest BCUT2D eigenvalue weighted by atomic mass is 32.2. The fourth-order valence-electron chi connectivity index (χ4n) is 2.63. The van der Waals surface area contributed by atoms with Crippen molar-refractivity contribution in [1.29, 1.82) is 0 Å². The average molecular weight is 275 g/mol. The molecule has 0 aromatic heterocycles. The maximum Gasteiger partial charge on any atom is 0.324 e. The van der Waals surface area contributed by atoms with Crippen LogP contribution in [-0.4, -0.2) is 30.8 Å². The van der Waals surface area contributed by atoms with Crippen LogP contribution >= 0.6 is 0 Å². The van der Waals surface area contributed by atoms with E-state index >= 15 is 0 Å². The highest BCUT2D eigenvalue weighted by Crippen LogP contribution is 2.32. The van der Waals surface area contributed by atoms with Gasteiger partial charge in [-0.2, -0.15) is 4.72 Å². The quantitative estimate of drug-likeness (QED) is 0.745. The van der Waals surface area contributed by atoms with Crippen molar-refractivity contribution in [3.8, 4) is 0 Å². The van der Waals surface area contributed by atoms with Crippen molar-refractivity contribution in [2.45, 2.75) is 56.9 Å². The molecule has 2 aliphatic carbocycles. The fraction of sp³-hybridized carbons (Fsp3) is 0.917. The van der Waals surface area contributed by atoms with E-state index < -0.39 is 21.5 Å². The molecule has 0 unspecified atom stereocenters. The minimum atomic E-state index is -3.47. The first-order valence-electron chi connectivity index (χ1n) is 6.69. The molecule has 2 fully saturated rings. The van der Waals surface area contributed by atoms with Gasteiger partial charge in [-0.15, -0.1) is 0 Å². The Hall–Kier alpha value is -0.620. The van der Waals surface area contributed by atoms with Gasteiger partial charge in [-0.3, -0.25) is 4.79 Å². The molecule has 0 bridgehead atoms. The van der Waals surface area contributed by atoms with Gasteiger partial charge in [0.1, 0.15) is 5.54 Å². The van der Waals surface area contributed by atoms with Crippen molar-refractivity contribution in [2.75, 3.05) is 5.75 Å². The number of nitrogens with one attached hydrogen (secondary N) is 1. The molecule has 2 rings (SSSR count). The van der Waals surface area contributed by atoms with Gasteiger partial charge in [-0.25, -0.2) is 8.42 Å². The standard InChI is InChI=1S/C12H21NO4S/c14-11(15)12(7-3-1-2-4-8-12)13-18(16,17)9-10-5-6-10/h10,13H,1-9H2,(H,14,15). The van der Waals surface area contributed by atoms with Crippen LogP contribution in [0.1, 0.15) is 51.4 Å². The number of carboxylic acid groups (broad SMARTS) is 1. The summed E-state index contributed by atoms with van der Waals surface area (Å²) >= 11 is 0. The first-order valence-corrected chi connectivity index (χ1v) is 8.34. The molecule has 5 nitrogen and oxygen atoms in total. The van der Waals surface area contributed by atoms with E-state index in [1.54, 1.807) is 0 Å². The molecular formula is C12H21NO4S. The molecule has 2 aliphatic rings. The van der Waals surface area contributed by atoms with Crippen molar-refractivity contribution in [3.63, 3.8) is 0 Å². The van der Waals surface area contributed by atoms with Crippen LogP contribution < -0.4 is 4.72 Å². The van der Waals surface area contributed by atoms with E-state index in [-0.39, 0.29) is 11.7 Å². The van der Waals surface area contributed by atoms with E-state index in [4.69, 9.17) is 0 Å². The zero-order valence-corrected chi connectivity index (χ0v) is 11.3. The zero-order valence-electron chi connectivity index (χ0n) is 10.5. The summed E-state index contributed by atoms with van der Waals surface area (Å²) in [6, 6.07) is 0. The number of sulfonamides is 1. The molecule has 0 atom stereocenters. The molecule has 0 heterocycles. The molecule has 2 N–H and O–H groups in total. The number of hydrogen-bond acceptors (Lipinski definition) is 3. The molecule has 0 spiro atoms. The van der Waals surface area contributed by atoms with Crippen molar-refractivity contribution < 1.29 is 18.3 Å². The summed E-state index contributed by atoms with van der Waals surface area (Å²) in [7, 11) is -3.47. The lowest BCUT2D eigenvalue weighted by Gasteiger charge is -2.28. The van der Waals surface area contributed by atoms with Gasteiger partial charge in [-0.1, -0.05) is 25.7 Å². The molecule has 0 aliphatic heterocycles. The summed E-state index contributed by atoms with van der Waals surface area (Å²) in [4.78, 5) is 11.5. The molecule has 2 saturated carbocycles. The Morgan fingerprint density at radius 3 is 2.17 bits per heavy atom. The summed E-state index contributed by atoms with van der Waals surface area (Å²) in [5.74, 6) is -0.704. The van der Waals surface area contributed by atoms with E-state index in [0.29, 0.717) is 12.8 Å². The average Bonchev–Trinajstić information content (AvgIpc) is 3.05. The number of rotatable bonds is 5. The minimum absolute atomic E-state index is 0.0853. The summed E-state index contributed by atoms with van der Waals surface area (Å²) in [5.41, 5.74) is -1.26. The van der Waals surface area contributed by atoms with Gasteiger partial charge >= 0.3 is 5.97 Å². The number of carboxylic acids is 1. The maximum atomic E-state index is 12.0. The van der Waals surface area contributed by atoms with Crippen molar-refractivity contribution in [3.05, 3.63) is 0 Å². The fourth-order valence-corrected chi connectivity index (χ4v) is 4.55. The van der Waals surface area contributed by atoms with E-state index in [0.717, 1.165) is 38.5 Å². The predicted molar refractivity (Wildman–Crippen MR) is 67.7 cm³/mol. The summed E-state index contributed by atoms with van der Waals surface area (Å²) in [6.45, 7) is 0. The van der Waals surface area contributed by atoms with Gasteiger partial charge in [0.25, 0.3) is 0 Å². The largest absolute Gasteiger partial charge is 0.480 e. The van der Waals surface area contributed by atoms with Crippen molar-refractivity contribution in [1.82, 2.24) is 4.72 Å². The van der Waals surface area contributed by atoms with Crippen LogP contribution in [0.5, 0.6) is 0 Å². The highest BCUT2D eigenvalue weighted by molar-refractivity contribution is 7.89. The van der Waals surface area contributed by atoms with E-state index in [9.17, 15) is 18.3 Å². The Balaban J connectivity index is 2.11. The molecule has 0 aromatic rings. The molecule has 104 valence electrons. The Morgan fingerprint density at radius 2 is 1.72 bits per heavy atom. The Bertz CT molecular complexity index is 406. The number of aliphatic carboxylic acids is 1. The molecule has 6 heteroatoms. The van der Waals surface area contributed by atoms with Crippen molar-refractivity contribution in [2.24, 2.45) is 5.92 Å². The minimum Gasteiger partial charge on any atom is -0.480 e. The van der Waals surface area contributed by atoms with E-state index in [2.05, 4.69) is 4.72 Å². The molecular weight excluding hydrogens is 254 g/mol. The van der Waals surface area contributed by atoms with Gasteiger partial charge < -0.3 is 5.11 Å². The van der Waals surface area contributed by atoms with Gasteiger partial charge in [0.2, 0.25) is 10.0 Å². The lowest BCUT2D eigenvalue weighted by atomic mass is 9.92. The predicted octanol–water partition coefficient (Wildman–Crippen LogP) is 1.49. The van der Waals surface area contributed by atoms with Crippen LogP contribution in [0.3, 0.4) is 0 Å².